The third kappa shape index (κ3) is 4.09. The molecule has 3 rings (SSSR count). The topological polar surface area (TPSA) is 92.6 Å². The van der Waals surface area contributed by atoms with Crippen LogP contribution in [0.3, 0.4) is 0 Å². The average Bonchev–Trinajstić information content (AvgIpc) is 2.89. The van der Waals surface area contributed by atoms with Gasteiger partial charge in [-0.05, 0) is 36.2 Å². The van der Waals surface area contributed by atoms with Crippen LogP contribution in [0.25, 0.3) is 0 Å². The van der Waals surface area contributed by atoms with E-state index in [1.165, 1.54) is 12.1 Å². The average molecular weight is 388 g/mol. The largest absolute Gasteiger partial charge is 0.379 e. The van der Waals surface area contributed by atoms with E-state index in [4.69, 9.17) is 11.6 Å². The first kappa shape index (κ1) is 18.8. The van der Waals surface area contributed by atoms with E-state index >= 15 is 0 Å². The highest BCUT2D eigenvalue weighted by Gasteiger charge is 2.37. The number of nitrogens with zero attached hydrogens (tertiary/aromatic N) is 2. The predicted octanol–water partition coefficient (Wildman–Crippen LogP) is 3.80. The number of anilines is 2. The second-order valence-corrected chi connectivity index (χ2v) is 6.87. The van der Waals surface area contributed by atoms with E-state index in [0.29, 0.717) is 23.7 Å². The molecule has 2 aromatic carbocycles. The van der Waals surface area contributed by atoms with Crippen molar-refractivity contribution in [2.75, 3.05) is 16.8 Å². The minimum Gasteiger partial charge on any atom is -0.379 e. The Labute approximate surface area is 161 Å². The van der Waals surface area contributed by atoms with Crippen LogP contribution in [0.4, 0.5) is 17.1 Å². The van der Waals surface area contributed by atoms with Crippen molar-refractivity contribution >= 4 is 40.5 Å². The lowest BCUT2D eigenvalue weighted by atomic mass is 10.1. The van der Waals surface area contributed by atoms with Crippen LogP contribution in [0, 0.1) is 16.0 Å². The quantitative estimate of drug-likeness (QED) is 0.462. The van der Waals surface area contributed by atoms with Gasteiger partial charge in [-0.15, -0.1) is 0 Å². The van der Waals surface area contributed by atoms with Gasteiger partial charge in [-0.1, -0.05) is 30.7 Å². The molecule has 1 fully saturated rings. The summed E-state index contributed by atoms with van der Waals surface area (Å²) in [7, 11) is 0. The number of hydrogen-bond acceptors (Lipinski definition) is 5. The maximum atomic E-state index is 12.1. The van der Waals surface area contributed by atoms with Gasteiger partial charge >= 0.3 is 0 Å². The van der Waals surface area contributed by atoms with Crippen molar-refractivity contribution in [3.8, 4) is 0 Å². The fourth-order valence-electron chi connectivity index (χ4n) is 3.01. The smallest absolute Gasteiger partial charge is 0.294 e. The molecule has 27 heavy (non-hydrogen) atoms. The highest BCUT2D eigenvalue weighted by atomic mass is 35.5. The molecule has 2 amide bonds. The molecule has 1 N–H and O–H groups in total. The van der Waals surface area contributed by atoms with Crippen LogP contribution in [0.15, 0.2) is 42.5 Å². The lowest BCUT2D eigenvalue weighted by molar-refractivity contribution is -0.383. The number of carbonyl (C=O) groups excluding carboxylic acids is 2. The van der Waals surface area contributed by atoms with Crippen LogP contribution in [0.2, 0.25) is 5.02 Å². The second-order valence-electron chi connectivity index (χ2n) is 6.43. The van der Waals surface area contributed by atoms with Crippen molar-refractivity contribution in [2.24, 2.45) is 5.92 Å². The molecule has 140 valence electrons. The number of amides is 2. The number of imide groups is 1. The Morgan fingerprint density at radius 3 is 2.52 bits per heavy atom. The second kappa shape index (κ2) is 7.75. The van der Waals surface area contributed by atoms with E-state index in [1.54, 1.807) is 25.1 Å². The number of nitro benzene ring substituents is 1. The monoisotopic (exact) mass is 387 g/mol. The minimum absolute atomic E-state index is 0.119. The standard InChI is InChI=1S/C19H18ClN3O4/c1-12-10-18(24)22(19(12)25)15-6-7-16(17(11-15)23(26)27)21-9-8-13-2-4-14(20)5-3-13/h2-7,11-12,21H,8-10H2,1H3/t12-/m1/s1. The summed E-state index contributed by atoms with van der Waals surface area (Å²) >= 11 is 5.85. The highest BCUT2D eigenvalue weighted by molar-refractivity contribution is 6.30. The molecular formula is C19H18ClN3O4. The molecular weight excluding hydrogens is 370 g/mol. The van der Waals surface area contributed by atoms with Gasteiger partial charge in [0, 0.05) is 30.0 Å². The van der Waals surface area contributed by atoms with Crippen molar-refractivity contribution in [2.45, 2.75) is 19.8 Å². The van der Waals surface area contributed by atoms with E-state index in [1.807, 2.05) is 12.1 Å². The highest BCUT2D eigenvalue weighted by Crippen LogP contribution is 2.33. The summed E-state index contributed by atoms with van der Waals surface area (Å²) in [5, 5.41) is 15.1. The molecule has 1 aliphatic rings. The number of benzene rings is 2. The Balaban J connectivity index is 1.76. The van der Waals surface area contributed by atoms with Gasteiger partial charge in [-0.3, -0.25) is 24.6 Å². The van der Waals surface area contributed by atoms with Gasteiger partial charge in [0.05, 0.1) is 10.6 Å². The van der Waals surface area contributed by atoms with Gasteiger partial charge in [0.15, 0.2) is 0 Å². The first-order valence-electron chi connectivity index (χ1n) is 8.50. The summed E-state index contributed by atoms with van der Waals surface area (Å²) in [5.41, 5.74) is 1.44. The number of nitro groups is 1. The molecule has 7 nitrogen and oxygen atoms in total. The third-order valence-corrected chi connectivity index (χ3v) is 4.70. The van der Waals surface area contributed by atoms with E-state index in [0.717, 1.165) is 10.5 Å². The van der Waals surface area contributed by atoms with Crippen LogP contribution in [0.1, 0.15) is 18.9 Å². The van der Waals surface area contributed by atoms with Gasteiger partial charge < -0.3 is 5.32 Å². The lowest BCUT2D eigenvalue weighted by Crippen LogP contribution is -2.30. The van der Waals surface area contributed by atoms with Crippen LogP contribution < -0.4 is 10.2 Å². The van der Waals surface area contributed by atoms with Gasteiger partial charge in [0.1, 0.15) is 5.69 Å². The van der Waals surface area contributed by atoms with Crippen LogP contribution in [0.5, 0.6) is 0 Å². The van der Waals surface area contributed by atoms with Crippen molar-refractivity contribution < 1.29 is 14.5 Å². The minimum atomic E-state index is -0.525. The van der Waals surface area contributed by atoms with Crippen molar-refractivity contribution in [1.82, 2.24) is 0 Å². The van der Waals surface area contributed by atoms with E-state index in [-0.39, 0.29) is 29.6 Å². The van der Waals surface area contributed by atoms with Gasteiger partial charge in [0.25, 0.3) is 5.69 Å². The summed E-state index contributed by atoms with van der Waals surface area (Å²) in [6.45, 7) is 2.15. The van der Waals surface area contributed by atoms with Crippen LogP contribution in [-0.4, -0.2) is 23.3 Å². The molecule has 2 aromatic rings. The summed E-state index contributed by atoms with van der Waals surface area (Å²) < 4.78 is 0. The van der Waals surface area contributed by atoms with Crippen LogP contribution in [-0.2, 0) is 16.0 Å². The maximum Gasteiger partial charge on any atom is 0.294 e. The van der Waals surface area contributed by atoms with Gasteiger partial charge in [-0.25, -0.2) is 0 Å². The zero-order valence-corrected chi connectivity index (χ0v) is 15.4. The molecule has 0 aliphatic carbocycles. The molecule has 0 radical (unpaired) electrons. The first-order valence-corrected chi connectivity index (χ1v) is 8.88. The van der Waals surface area contributed by atoms with Crippen LogP contribution >= 0.6 is 11.6 Å². The molecule has 0 aromatic heterocycles. The number of nitrogens with one attached hydrogen (secondary N) is 1. The molecule has 0 bridgehead atoms. The number of hydrogen-bond donors (Lipinski definition) is 1. The number of carbonyl (C=O) groups is 2. The fourth-order valence-corrected chi connectivity index (χ4v) is 3.13. The Morgan fingerprint density at radius 1 is 1.22 bits per heavy atom. The zero-order chi connectivity index (χ0) is 19.6. The number of rotatable bonds is 6. The van der Waals surface area contributed by atoms with E-state index in [9.17, 15) is 19.7 Å². The van der Waals surface area contributed by atoms with Crippen molar-refractivity contribution in [1.29, 1.82) is 0 Å². The Kier molecular flexibility index (Phi) is 5.41. The molecule has 8 heteroatoms. The number of halogens is 1. The zero-order valence-electron chi connectivity index (χ0n) is 14.6. The Morgan fingerprint density at radius 2 is 1.93 bits per heavy atom. The van der Waals surface area contributed by atoms with Gasteiger partial charge in [0.2, 0.25) is 11.8 Å². The van der Waals surface area contributed by atoms with E-state index in [2.05, 4.69) is 5.32 Å². The Bertz CT molecular complexity index is 898. The molecule has 1 aliphatic heterocycles. The third-order valence-electron chi connectivity index (χ3n) is 4.45. The molecule has 1 heterocycles. The lowest BCUT2D eigenvalue weighted by Gasteiger charge is -2.15. The fraction of sp³-hybridized carbons (Fsp3) is 0.263. The summed E-state index contributed by atoms with van der Waals surface area (Å²) in [6, 6.07) is 11.7. The summed E-state index contributed by atoms with van der Waals surface area (Å²) in [4.78, 5) is 36.1. The van der Waals surface area contributed by atoms with E-state index < -0.39 is 10.8 Å². The first-order chi connectivity index (χ1) is 12.9. The molecule has 0 unspecified atom stereocenters. The molecule has 1 saturated heterocycles. The van der Waals surface area contributed by atoms with Gasteiger partial charge in [-0.2, -0.15) is 0 Å². The molecule has 0 spiro atoms. The maximum absolute atomic E-state index is 12.1. The molecule has 0 saturated carbocycles. The summed E-state index contributed by atoms with van der Waals surface area (Å²) in [6.07, 6.45) is 0.782. The molecule has 1 atom stereocenters. The normalized spacial score (nSPS) is 16.7. The van der Waals surface area contributed by atoms with Crippen molar-refractivity contribution in [3.05, 3.63) is 63.2 Å². The summed E-state index contributed by atoms with van der Waals surface area (Å²) in [5.74, 6) is -1.09. The van der Waals surface area contributed by atoms with Crippen molar-refractivity contribution in [3.63, 3.8) is 0 Å². The predicted molar refractivity (Wildman–Crippen MR) is 103 cm³/mol. The Hall–Kier alpha value is -2.93. The SMILES string of the molecule is C[C@@H]1CC(=O)N(c2ccc(NCCc3ccc(Cl)cc3)c([N+](=O)[O-])c2)C1=O.